The molecule has 0 aromatic carbocycles. The zero-order valence-corrected chi connectivity index (χ0v) is 13.8. The molecule has 1 saturated heterocycles. The highest BCUT2D eigenvalue weighted by atomic mass is 32.2. The maximum absolute atomic E-state index is 12.5. The molecule has 3 rings (SSSR count). The number of carbonyl (C=O) groups is 1. The van der Waals surface area contributed by atoms with Gasteiger partial charge in [0.05, 0.1) is 4.88 Å². The minimum absolute atomic E-state index is 0.0208. The molecule has 0 atom stereocenters. The van der Waals surface area contributed by atoms with Gasteiger partial charge in [-0.1, -0.05) is 0 Å². The Kier molecular flexibility index (Phi) is 4.08. The fourth-order valence-corrected chi connectivity index (χ4v) is 5.19. The van der Waals surface area contributed by atoms with E-state index in [1.165, 1.54) is 11.3 Å². The fraction of sp³-hybridized carbons (Fsp3) is 0.467. The average Bonchev–Trinajstić information content (AvgIpc) is 2.80. The second-order valence-electron chi connectivity index (χ2n) is 5.46. The van der Waals surface area contributed by atoms with Crippen molar-refractivity contribution in [2.24, 2.45) is 0 Å². The van der Waals surface area contributed by atoms with Crippen LogP contribution in [0.3, 0.4) is 0 Å². The molecule has 112 valence electrons. The van der Waals surface area contributed by atoms with Crippen molar-refractivity contribution in [3.63, 3.8) is 0 Å². The Balaban J connectivity index is 1.83. The Morgan fingerprint density at radius 3 is 2.76 bits per heavy atom. The molecule has 3 heterocycles. The highest BCUT2D eigenvalue weighted by Gasteiger charge is 2.23. The fourth-order valence-electron chi connectivity index (χ4n) is 2.76. The lowest BCUT2D eigenvalue weighted by Crippen LogP contribution is -2.39. The third kappa shape index (κ3) is 2.87. The number of hydrogen-bond donors (Lipinski definition) is 1. The van der Waals surface area contributed by atoms with Crippen LogP contribution in [0, 0.1) is 13.8 Å². The van der Waals surface area contributed by atoms with Crippen LogP contribution in [0.5, 0.6) is 0 Å². The third-order valence-corrected chi connectivity index (χ3v) is 6.55. The first-order valence-electron chi connectivity index (χ1n) is 7.07. The van der Waals surface area contributed by atoms with E-state index in [4.69, 9.17) is 0 Å². The predicted octanol–water partition coefficient (Wildman–Crippen LogP) is 2.55. The summed E-state index contributed by atoms with van der Waals surface area (Å²) in [5.41, 5.74) is 2.17. The van der Waals surface area contributed by atoms with E-state index in [1.807, 2.05) is 19.9 Å². The summed E-state index contributed by atoms with van der Waals surface area (Å²) in [6.07, 6.45) is 3.39. The molecule has 0 radical (unpaired) electrons. The van der Waals surface area contributed by atoms with Gasteiger partial charge in [0.15, 0.2) is 0 Å². The quantitative estimate of drug-likeness (QED) is 0.924. The summed E-state index contributed by atoms with van der Waals surface area (Å²) < 4.78 is 11.4. The number of thiophene rings is 1. The molecule has 1 fully saturated rings. The van der Waals surface area contributed by atoms with Crippen LogP contribution in [0.15, 0.2) is 12.3 Å². The molecule has 2 aromatic rings. The van der Waals surface area contributed by atoms with Gasteiger partial charge in [0.25, 0.3) is 5.91 Å². The number of nitrogens with zero attached hydrogens (tertiary/aromatic N) is 1. The molecule has 1 aliphatic rings. The number of nitrogens with one attached hydrogen (secondary N) is 1. The molecule has 0 bridgehead atoms. The molecule has 21 heavy (non-hydrogen) atoms. The number of aryl methyl sites for hydroxylation is 2. The Morgan fingerprint density at radius 1 is 1.38 bits per heavy atom. The van der Waals surface area contributed by atoms with Crippen LogP contribution in [0.1, 0.15) is 33.6 Å². The monoisotopic (exact) mass is 322 g/mol. The zero-order valence-electron chi connectivity index (χ0n) is 12.1. The largest absolute Gasteiger partial charge is 0.349 e. The van der Waals surface area contributed by atoms with Crippen molar-refractivity contribution in [1.82, 2.24) is 10.3 Å². The maximum Gasteiger partial charge on any atom is 0.261 e. The molecule has 6 heteroatoms. The number of fused-ring (bicyclic) bond motifs is 1. The van der Waals surface area contributed by atoms with Gasteiger partial charge in [-0.15, -0.1) is 11.3 Å². The van der Waals surface area contributed by atoms with Gasteiger partial charge in [0, 0.05) is 39.9 Å². The van der Waals surface area contributed by atoms with Crippen molar-refractivity contribution >= 4 is 38.3 Å². The van der Waals surface area contributed by atoms with Gasteiger partial charge in [-0.2, -0.15) is 0 Å². The van der Waals surface area contributed by atoms with Crippen molar-refractivity contribution < 1.29 is 9.00 Å². The van der Waals surface area contributed by atoms with Crippen molar-refractivity contribution in [2.75, 3.05) is 11.5 Å². The smallest absolute Gasteiger partial charge is 0.261 e. The van der Waals surface area contributed by atoms with Gasteiger partial charge in [-0.3, -0.25) is 9.00 Å². The molecule has 0 aliphatic carbocycles. The molecule has 2 aromatic heterocycles. The van der Waals surface area contributed by atoms with Gasteiger partial charge in [-0.05, 0) is 43.9 Å². The number of carbonyl (C=O) groups excluding carboxylic acids is 1. The van der Waals surface area contributed by atoms with Crippen molar-refractivity contribution in [3.05, 3.63) is 28.3 Å². The Hall–Kier alpha value is -1.27. The predicted molar refractivity (Wildman–Crippen MR) is 87.5 cm³/mol. The number of aromatic nitrogens is 1. The van der Waals surface area contributed by atoms with Crippen LogP contribution >= 0.6 is 11.3 Å². The SMILES string of the molecule is Cc1ccnc2sc(C(=O)NC3CCS(=O)CC3)c(C)c12. The average molecular weight is 322 g/mol. The summed E-state index contributed by atoms with van der Waals surface area (Å²) in [7, 11) is -0.699. The Morgan fingerprint density at radius 2 is 2.10 bits per heavy atom. The van der Waals surface area contributed by atoms with Crippen LogP contribution in [-0.4, -0.2) is 32.6 Å². The van der Waals surface area contributed by atoms with Gasteiger partial charge in [0.1, 0.15) is 4.83 Å². The van der Waals surface area contributed by atoms with Gasteiger partial charge >= 0.3 is 0 Å². The minimum atomic E-state index is -0.699. The standard InChI is InChI=1S/C15H18N2O2S2/c1-9-3-6-16-15-12(9)10(2)13(20-15)14(18)17-11-4-7-21(19)8-5-11/h3,6,11H,4-5,7-8H2,1-2H3,(H,17,18). The lowest BCUT2D eigenvalue weighted by Gasteiger charge is -2.22. The van der Waals surface area contributed by atoms with E-state index in [0.717, 1.165) is 39.1 Å². The minimum Gasteiger partial charge on any atom is -0.349 e. The van der Waals surface area contributed by atoms with Crippen molar-refractivity contribution in [2.45, 2.75) is 32.7 Å². The Bertz CT molecular complexity index is 714. The summed E-state index contributed by atoms with van der Waals surface area (Å²) in [5.74, 6) is 1.36. The zero-order chi connectivity index (χ0) is 15.0. The summed E-state index contributed by atoms with van der Waals surface area (Å²) in [5, 5.41) is 4.18. The van der Waals surface area contributed by atoms with Gasteiger partial charge < -0.3 is 5.32 Å². The molecule has 4 nitrogen and oxygen atoms in total. The molecule has 0 spiro atoms. The number of rotatable bonds is 2. The molecule has 0 unspecified atom stereocenters. The summed E-state index contributed by atoms with van der Waals surface area (Å²) >= 11 is 1.45. The first kappa shape index (κ1) is 14.7. The van der Waals surface area contributed by atoms with E-state index in [-0.39, 0.29) is 11.9 Å². The van der Waals surface area contributed by atoms with Crippen LogP contribution < -0.4 is 5.32 Å². The number of amides is 1. The van der Waals surface area contributed by atoms with Crippen LogP contribution in [-0.2, 0) is 10.8 Å². The molecule has 1 amide bonds. The van der Waals surface area contributed by atoms with E-state index in [0.29, 0.717) is 11.5 Å². The summed E-state index contributed by atoms with van der Waals surface area (Å²) in [6.45, 7) is 4.03. The summed E-state index contributed by atoms with van der Waals surface area (Å²) in [4.78, 5) is 18.5. The summed E-state index contributed by atoms with van der Waals surface area (Å²) in [6, 6.07) is 2.12. The van der Waals surface area contributed by atoms with Gasteiger partial charge in [0.2, 0.25) is 0 Å². The second kappa shape index (κ2) is 5.85. The second-order valence-corrected chi connectivity index (χ2v) is 8.16. The van der Waals surface area contributed by atoms with Crippen LogP contribution in [0.4, 0.5) is 0 Å². The normalized spacial score (nSPS) is 22.4. The topological polar surface area (TPSA) is 59.1 Å². The van der Waals surface area contributed by atoms with Gasteiger partial charge in [-0.25, -0.2) is 4.98 Å². The van der Waals surface area contributed by atoms with E-state index >= 15 is 0 Å². The molecule has 0 saturated carbocycles. The van der Waals surface area contributed by atoms with Crippen LogP contribution in [0.2, 0.25) is 0 Å². The number of hydrogen-bond acceptors (Lipinski definition) is 4. The van der Waals surface area contributed by atoms with E-state index in [9.17, 15) is 9.00 Å². The first-order chi connectivity index (χ1) is 10.1. The van der Waals surface area contributed by atoms with Crippen molar-refractivity contribution in [1.29, 1.82) is 0 Å². The number of pyridine rings is 1. The van der Waals surface area contributed by atoms with Crippen molar-refractivity contribution in [3.8, 4) is 0 Å². The lowest BCUT2D eigenvalue weighted by atomic mass is 10.1. The Labute approximate surface area is 130 Å². The van der Waals surface area contributed by atoms with E-state index < -0.39 is 10.8 Å². The van der Waals surface area contributed by atoms with Crippen LogP contribution in [0.25, 0.3) is 10.2 Å². The maximum atomic E-state index is 12.5. The van der Waals surface area contributed by atoms with E-state index in [1.54, 1.807) is 6.20 Å². The first-order valence-corrected chi connectivity index (χ1v) is 9.37. The highest BCUT2D eigenvalue weighted by Crippen LogP contribution is 2.31. The highest BCUT2D eigenvalue weighted by molar-refractivity contribution is 7.85. The molecule has 1 aliphatic heterocycles. The van der Waals surface area contributed by atoms with E-state index in [2.05, 4.69) is 10.3 Å². The molecular weight excluding hydrogens is 304 g/mol. The molecular formula is C15H18N2O2S2. The lowest BCUT2D eigenvalue weighted by molar-refractivity contribution is 0.0938. The molecule has 1 N–H and O–H groups in total. The third-order valence-electron chi connectivity index (χ3n) is 3.97.